The Morgan fingerprint density at radius 3 is 2.28 bits per heavy atom. The molecule has 1 heterocycles. The van der Waals surface area contributed by atoms with E-state index in [0.717, 1.165) is 43.5 Å². The molecule has 162 valence electrons. The van der Waals surface area contributed by atoms with Gasteiger partial charge in [0, 0.05) is 29.4 Å². The molecule has 1 aromatic rings. The second kappa shape index (κ2) is 11.5. The molecule has 4 nitrogen and oxygen atoms in total. The summed E-state index contributed by atoms with van der Waals surface area (Å²) < 4.78 is 11.9. The largest absolute Gasteiger partial charge is 0.493 e. The van der Waals surface area contributed by atoms with E-state index in [1.807, 2.05) is 12.1 Å². The van der Waals surface area contributed by atoms with E-state index >= 15 is 0 Å². The number of ether oxygens (including phenoxy) is 2. The van der Waals surface area contributed by atoms with Crippen molar-refractivity contribution >= 4 is 11.4 Å². The van der Waals surface area contributed by atoms with Crippen molar-refractivity contribution in [3.05, 3.63) is 30.4 Å². The summed E-state index contributed by atoms with van der Waals surface area (Å²) in [5, 5.41) is 0. The van der Waals surface area contributed by atoms with Gasteiger partial charge in [-0.15, -0.1) is 0 Å². The number of hydrogen-bond donors (Lipinski definition) is 2. The molecule has 1 saturated carbocycles. The fourth-order valence-electron chi connectivity index (χ4n) is 4.83. The molecule has 2 unspecified atom stereocenters. The van der Waals surface area contributed by atoms with Crippen molar-refractivity contribution in [2.75, 3.05) is 24.7 Å². The zero-order valence-electron chi connectivity index (χ0n) is 18.2. The van der Waals surface area contributed by atoms with Crippen LogP contribution in [0, 0.1) is 17.8 Å². The number of hydrogen-bond acceptors (Lipinski definition) is 4. The highest BCUT2D eigenvalue weighted by Crippen LogP contribution is 2.33. The van der Waals surface area contributed by atoms with Crippen molar-refractivity contribution in [2.45, 2.75) is 77.2 Å². The van der Waals surface area contributed by atoms with Crippen LogP contribution in [0.15, 0.2) is 30.4 Å². The molecule has 1 aromatic carbocycles. The van der Waals surface area contributed by atoms with Crippen LogP contribution in [0.5, 0.6) is 5.75 Å². The number of nitrogens with two attached hydrogens (primary N) is 2. The van der Waals surface area contributed by atoms with Crippen molar-refractivity contribution in [1.29, 1.82) is 0 Å². The smallest absolute Gasteiger partial charge is 0.123 e. The van der Waals surface area contributed by atoms with Gasteiger partial charge < -0.3 is 20.9 Å². The monoisotopic (exact) mass is 400 g/mol. The van der Waals surface area contributed by atoms with Gasteiger partial charge in [-0.05, 0) is 69.3 Å². The number of benzene rings is 1. The van der Waals surface area contributed by atoms with E-state index in [1.54, 1.807) is 6.07 Å². The highest BCUT2D eigenvalue weighted by atomic mass is 16.5. The molecule has 2 fully saturated rings. The van der Waals surface area contributed by atoms with Crippen molar-refractivity contribution < 1.29 is 9.47 Å². The molecule has 0 aromatic heterocycles. The summed E-state index contributed by atoms with van der Waals surface area (Å²) in [6.07, 6.45) is 18.2. The minimum Gasteiger partial charge on any atom is -0.493 e. The minimum absolute atomic E-state index is 0.374. The van der Waals surface area contributed by atoms with Gasteiger partial charge in [-0.25, -0.2) is 0 Å². The van der Waals surface area contributed by atoms with Gasteiger partial charge in [-0.2, -0.15) is 0 Å². The van der Waals surface area contributed by atoms with Crippen LogP contribution in [-0.4, -0.2) is 19.3 Å². The Morgan fingerprint density at radius 2 is 1.62 bits per heavy atom. The zero-order valence-corrected chi connectivity index (χ0v) is 18.2. The predicted molar refractivity (Wildman–Crippen MR) is 122 cm³/mol. The molecule has 0 bridgehead atoms. The molecule has 2 aliphatic rings. The third-order valence-electron chi connectivity index (χ3n) is 6.54. The molecule has 0 amide bonds. The molecule has 1 aliphatic heterocycles. The maximum absolute atomic E-state index is 6.12. The van der Waals surface area contributed by atoms with E-state index < -0.39 is 0 Å². The Hall–Kier alpha value is -1.68. The van der Waals surface area contributed by atoms with Crippen LogP contribution in [0.2, 0.25) is 0 Å². The molecular formula is C25H40N2O2. The van der Waals surface area contributed by atoms with Gasteiger partial charge in [0.1, 0.15) is 5.75 Å². The van der Waals surface area contributed by atoms with Crippen LogP contribution < -0.4 is 16.2 Å². The van der Waals surface area contributed by atoms with Gasteiger partial charge in [0.15, 0.2) is 0 Å². The lowest BCUT2D eigenvalue weighted by molar-refractivity contribution is -0.0107. The van der Waals surface area contributed by atoms with Crippen molar-refractivity contribution in [1.82, 2.24) is 0 Å². The maximum Gasteiger partial charge on any atom is 0.123 e. The number of nitrogen functional groups attached to an aromatic ring is 2. The average molecular weight is 401 g/mol. The third kappa shape index (κ3) is 7.58. The highest BCUT2D eigenvalue weighted by molar-refractivity contribution is 5.56. The molecule has 3 rings (SSSR count). The second-order valence-electron chi connectivity index (χ2n) is 9.07. The number of allylic oxidation sites excluding steroid dienone is 1. The summed E-state index contributed by atoms with van der Waals surface area (Å²) in [6.45, 7) is 3.86. The Balaban J connectivity index is 1.27. The molecule has 0 spiro atoms. The summed E-state index contributed by atoms with van der Waals surface area (Å²) >= 11 is 0. The Labute approximate surface area is 177 Å². The maximum atomic E-state index is 6.12. The van der Waals surface area contributed by atoms with E-state index in [2.05, 4.69) is 19.1 Å². The summed E-state index contributed by atoms with van der Waals surface area (Å²) in [5.74, 6) is 3.15. The lowest BCUT2D eigenvalue weighted by atomic mass is 9.79. The molecule has 4 heteroatoms. The zero-order chi connectivity index (χ0) is 20.5. The Morgan fingerprint density at radius 1 is 0.931 bits per heavy atom. The molecule has 29 heavy (non-hydrogen) atoms. The summed E-state index contributed by atoms with van der Waals surface area (Å²) in [5.41, 5.74) is 12.9. The van der Waals surface area contributed by atoms with E-state index in [9.17, 15) is 0 Å². The first-order valence-electron chi connectivity index (χ1n) is 11.7. The fraction of sp³-hybridized carbons (Fsp3) is 0.680. The standard InChI is InChI=1S/C25H40N2O2/c1-2-4-19-6-8-20(9-7-19)10-11-21-12-13-24(29-18-21)5-3-14-28-25-16-22(26)15-23(27)17-25/h10-11,15-17,19-21,24H,2-9,12-14,18,26-27H2,1H3. The fourth-order valence-corrected chi connectivity index (χ4v) is 4.83. The van der Waals surface area contributed by atoms with Crippen molar-refractivity contribution in [2.24, 2.45) is 17.8 Å². The van der Waals surface area contributed by atoms with Crippen LogP contribution in [-0.2, 0) is 4.74 Å². The van der Waals surface area contributed by atoms with E-state index in [0.29, 0.717) is 30.0 Å². The minimum atomic E-state index is 0.374. The summed E-state index contributed by atoms with van der Waals surface area (Å²) in [7, 11) is 0. The lowest BCUT2D eigenvalue weighted by Crippen LogP contribution is -2.25. The van der Waals surface area contributed by atoms with Crippen LogP contribution >= 0.6 is 0 Å². The quantitative estimate of drug-likeness (QED) is 0.304. The Kier molecular flexibility index (Phi) is 8.72. The number of anilines is 2. The van der Waals surface area contributed by atoms with Crippen molar-refractivity contribution in [3.63, 3.8) is 0 Å². The molecular weight excluding hydrogens is 360 g/mol. The topological polar surface area (TPSA) is 70.5 Å². The van der Waals surface area contributed by atoms with Crippen LogP contribution in [0.4, 0.5) is 11.4 Å². The average Bonchev–Trinajstić information content (AvgIpc) is 2.71. The predicted octanol–water partition coefficient (Wildman–Crippen LogP) is 5.97. The molecule has 4 N–H and O–H groups in total. The van der Waals surface area contributed by atoms with Crippen molar-refractivity contribution in [3.8, 4) is 5.75 Å². The first kappa shape index (κ1) is 22.0. The summed E-state index contributed by atoms with van der Waals surface area (Å²) in [6, 6.07) is 5.38. The van der Waals surface area contributed by atoms with Gasteiger partial charge in [0.05, 0.1) is 19.3 Å². The normalized spacial score (nSPS) is 27.9. The van der Waals surface area contributed by atoms with E-state index in [4.69, 9.17) is 20.9 Å². The first-order chi connectivity index (χ1) is 14.1. The molecule has 1 saturated heterocycles. The van der Waals surface area contributed by atoms with E-state index in [1.165, 1.54) is 44.9 Å². The van der Waals surface area contributed by atoms with Gasteiger partial charge in [0.2, 0.25) is 0 Å². The van der Waals surface area contributed by atoms with Crippen LogP contribution in [0.1, 0.15) is 71.1 Å². The lowest BCUT2D eigenvalue weighted by Gasteiger charge is -2.29. The summed E-state index contributed by atoms with van der Waals surface area (Å²) in [4.78, 5) is 0. The van der Waals surface area contributed by atoms with E-state index in [-0.39, 0.29) is 0 Å². The second-order valence-corrected chi connectivity index (χ2v) is 9.07. The third-order valence-corrected chi connectivity index (χ3v) is 6.54. The Bertz CT molecular complexity index is 609. The highest BCUT2D eigenvalue weighted by Gasteiger charge is 2.22. The molecule has 1 aliphatic carbocycles. The SMILES string of the molecule is CCCC1CCC(C=CC2CCC(CCCOc3cc(N)cc(N)c3)OC2)CC1. The van der Waals surface area contributed by atoms with Crippen LogP contribution in [0.3, 0.4) is 0 Å². The van der Waals surface area contributed by atoms with Gasteiger partial charge in [-0.1, -0.05) is 31.9 Å². The van der Waals surface area contributed by atoms with Gasteiger partial charge in [-0.3, -0.25) is 0 Å². The van der Waals surface area contributed by atoms with Gasteiger partial charge >= 0.3 is 0 Å². The molecule has 2 atom stereocenters. The molecule has 0 radical (unpaired) electrons. The number of rotatable bonds is 9. The van der Waals surface area contributed by atoms with Crippen LogP contribution in [0.25, 0.3) is 0 Å². The first-order valence-corrected chi connectivity index (χ1v) is 11.7. The van der Waals surface area contributed by atoms with Gasteiger partial charge in [0.25, 0.3) is 0 Å².